The maximum atomic E-state index is 8.60. The SMILES string of the molecule is CCN(CC)CCN1c2ccccc2Sc2c(OCCC(C)C)c3c(c(OCC(C)C)c21)-c1nc-3nc2[n-]c(nc3c4c(OCCC(C)C)c5c(sc6ccccc6n5CCN(CC)CC)c(OCCC(C)C)c4c4nc5c6c(OCCC(C)C)c7c(sc8ccccc8n7CCN(CC)CC)c(OCCC(C)C)c6c(n1)n5o[n+]43)c1c(OCCC(C)C)c3c(c(OCCC(C)C)c21)N(CCN(CC)CC)c1ccccc1S3.[V]. The molecule has 0 amide bonds. The summed E-state index contributed by atoms with van der Waals surface area (Å²) in [5.41, 5.74) is 10.9. The third-order valence-corrected chi connectivity index (χ3v) is 33.8. The minimum Gasteiger partial charge on any atom is -0.492 e. The van der Waals surface area contributed by atoms with E-state index >= 15 is 0 Å². The van der Waals surface area contributed by atoms with E-state index < -0.39 is 0 Å². The summed E-state index contributed by atoms with van der Waals surface area (Å²) >= 11 is 6.83. The van der Waals surface area contributed by atoms with Gasteiger partial charge in [0.15, 0.2) is 46.0 Å². The molecule has 1 radical (unpaired) electrons. The van der Waals surface area contributed by atoms with E-state index in [9.17, 15) is 0 Å². The van der Waals surface area contributed by atoms with Crippen LogP contribution < -0.4 is 57.3 Å². The summed E-state index contributed by atoms with van der Waals surface area (Å²) in [4.78, 5) is 57.3. The standard InChI is InChI=1S/C119H158N16O9S4.V/c1-25-126(26-2)56-60-130-80-41-33-37-45-84(80)145-108-96(130)100(136-64-49-72(9)10)88-91(105(108)140-68-53-76(17)18)115-121-112(88)120-113-90-89(101(143-71-79(23)24)97-109(104(90)139-67-52-75(15)16)146-85-46-38-34-42-81(85)131(97)61-57-127(27-3)28-4)114(122-113)123-117-94-93(103(138-66-51-74(13)14)99-110(106(94)141-69-54-77(19)20)147-86-47-39-36-44-83(86)133(99)63-59-129(31-7)32-8)118-125-119-95-92(116(124-115)134(119)144-135(117)118)102(137-65-50-73(11)12)98-111(107(95)142-70-55-78(21)22)148-87-48-40-35-43-82(87)132(98)62-58-128(29-5)30-6;/h33-48,72-79H,25-32,49-71H2,1-24H3;. The normalized spacial score (nSPS) is 13.0. The molecule has 0 aliphatic carbocycles. The molecule has 0 spiro atoms. The number of likely N-dealkylation sites (N-methyl/N-ethyl adjacent to an activating group) is 4. The monoisotopic (exact) mass is 2130 g/mol. The van der Waals surface area contributed by atoms with Crippen LogP contribution in [0, 0.1) is 47.3 Å². The molecule has 25 nitrogen and oxygen atoms in total. The quantitative estimate of drug-likeness (QED) is 0.0257. The van der Waals surface area contributed by atoms with Crippen molar-refractivity contribution in [3.05, 3.63) is 97.1 Å². The maximum absolute atomic E-state index is 8.60. The summed E-state index contributed by atoms with van der Waals surface area (Å²) < 4.78 is 84.9. The molecule has 0 saturated heterocycles. The largest absolute Gasteiger partial charge is 0.492 e. The molecule has 3 aliphatic rings. The van der Waals surface area contributed by atoms with Crippen LogP contribution in [0.1, 0.15) is 211 Å². The number of benzene rings is 8. The van der Waals surface area contributed by atoms with Gasteiger partial charge in [-0.3, -0.25) is 0 Å². The van der Waals surface area contributed by atoms with E-state index in [0.29, 0.717) is 203 Å². The zero-order valence-corrected chi connectivity index (χ0v) is 97.3. The van der Waals surface area contributed by atoms with Crippen LogP contribution in [0.3, 0.4) is 0 Å². The number of aromatic nitrogens is 10. The first kappa shape index (κ1) is 110. The van der Waals surface area contributed by atoms with Gasteiger partial charge in [-0.05, 0) is 202 Å². The Balaban J connectivity index is 0.0000151. The number of rotatable bonds is 51. The van der Waals surface area contributed by atoms with Crippen LogP contribution in [-0.2, 0) is 31.6 Å². The first-order valence-corrected chi connectivity index (χ1v) is 58.6. The minimum atomic E-state index is 0. The number of hydrogen-bond donors (Lipinski definition) is 0. The predicted octanol–water partition coefficient (Wildman–Crippen LogP) is 28.8. The Labute approximate surface area is 909 Å². The molecule has 15 aromatic rings. The molecule has 0 fully saturated rings. The summed E-state index contributed by atoms with van der Waals surface area (Å²) in [5.74, 6) is 7.28. The topological polar surface area (TPSA) is 203 Å². The number of fused-ring (bicyclic) bond motifs is 24. The van der Waals surface area contributed by atoms with Gasteiger partial charge in [-0.2, -0.15) is 9.61 Å². The summed E-state index contributed by atoms with van der Waals surface area (Å²) in [6.45, 7) is 69.3. The third kappa shape index (κ3) is 22.5. The van der Waals surface area contributed by atoms with Crippen molar-refractivity contribution in [2.24, 2.45) is 47.3 Å². The van der Waals surface area contributed by atoms with Crippen molar-refractivity contribution in [3.8, 4) is 68.8 Å². The van der Waals surface area contributed by atoms with E-state index in [0.717, 1.165) is 207 Å². The summed E-state index contributed by atoms with van der Waals surface area (Å²) in [6.07, 6.45) is 5.14. The fourth-order valence-corrected chi connectivity index (χ4v) is 25.1. The zero-order valence-electron chi connectivity index (χ0n) is 92.7. The predicted molar refractivity (Wildman–Crippen MR) is 615 cm³/mol. The van der Waals surface area contributed by atoms with Crippen LogP contribution in [0.2, 0.25) is 0 Å². The van der Waals surface area contributed by atoms with Crippen molar-refractivity contribution in [2.45, 2.75) is 244 Å². The Kier molecular flexibility index (Phi) is 36.3. The average Bonchev–Trinajstić information content (AvgIpc) is 1.52. The van der Waals surface area contributed by atoms with Crippen LogP contribution in [0.4, 0.5) is 22.7 Å². The fourth-order valence-electron chi connectivity index (χ4n) is 20.3. The minimum absolute atomic E-state index is 0. The summed E-state index contributed by atoms with van der Waals surface area (Å²) in [7, 11) is 0. The molecule has 0 unspecified atom stereocenters. The van der Waals surface area contributed by atoms with Gasteiger partial charge in [0.1, 0.15) is 50.1 Å². The number of ether oxygens (including phenoxy) is 8. The van der Waals surface area contributed by atoms with Gasteiger partial charge in [-0.25, -0.2) is 4.98 Å². The molecule has 0 N–H and O–H groups in total. The van der Waals surface area contributed by atoms with Crippen molar-refractivity contribution in [1.29, 1.82) is 0 Å². The van der Waals surface area contributed by atoms with Gasteiger partial charge in [0.25, 0.3) is 16.9 Å². The Bertz CT molecular complexity index is 7420. The second-order valence-corrected chi connectivity index (χ2v) is 47.4. The molecule has 0 atom stereocenters. The number of hydrogen-bond acceptors (Lipinski definition) is 24. The first-order chi connectivity index (χ1) is 71.7. The molecule has 18 rings (SSSR count). The Morgan fingerprint density at radius 1 is 0.342 bits per heavy atom. The van der Waals surface area contributed by atoms with Crippen LogP contribution in [0.15, 0.2) is 121 Å². The van der Waals surface area contributed by atoms with Gasteiger partial charge in [-0.1, -0.05) is 243 Å². The van der Waals surface area contributed by atoms with Crippen molar-refractivity contribution in [3.63, 3.8) is 0 Å². The number of nitrogens with zero attached hydrogens (tertiary/aromatic N) is 16. The van der Waals surface area contributed by atoms with E-state index in [1.165, 1.54) is 0 Å². The van der Waals surface area contributed by atoms with Crippen molar-refractivity contribution >= 4 is 176 Å². The molecule has 8 aromatic carbocycles. The van der Waals surface area contributed by atoms with Crippen molar-refractivity contribution < 1.29 is 65.7 Å². The van der Waals surface area contributed by atoms with Gasteiger partial charge in [0.2, 0.25) is 5.65 Å². The summed E-state index contributed by atoms with van der Waals surface area (Å²) in [5, 5.41) is 3.69. The smallest absolute Gasteiger partial charge is 0.287 e. The van der Waals surface area contributed by atoms with Crippen molar-refractivity contribution in [2.75, 3.05) is 154 Å². The third-order valence-electron chi connectivity index (χ3n) is 29.2. The molecular weight excluding hydrogens is 1980 g/mol. The number of para-hydroxylation sites is 4. The van der Waals surface area contributed by atoms with Crippen molar-refractivity contribution in [1.82, 2.24) is 63.2 Å². The molecule has 149 heavy (non-hydrogen) atoms. The molecule has 3 aliphatic heterocycles. The molecule has 7 aromatic heterocycles. The van der Waals surface area contributed by atoms with Gasteiger partial charge in [0, 0.05) is 91.7 Å². The summed E-state index contributed by atoms with van der Waals surface area (Å²) in [6, 6.07) is 35.3. The maximum Gasteiger partial charge on any atom is 0.287 e. The second kappa shape index (κ2) is 49.0. The van der Waals surface area contributed by atoms with Crippen LogP contribution in [0.5, 0.6) is 46.0 Å². The van der Waals surface area contributed by atoms with E-state index in [2.05, 4.69) is 302 Å². The molecular formula is C119H158N16O9S4V. The Morgan fingerprint density at radius 3 is 1.15 bits per heavy atom. The molecule has 10 heterocycles. The van der Waals surface area contributed by atoms with E-state index in [-0.39, 0.29) is 77.4 Å². The van der Waals surface area contributed by atoms with E-state index in [1.54, 1.807) is 46.2 Å². The van der Waals surface area contributed by atoms with Crippen LogP contribution in [0.25, 0.3) is 130 Å². The fraction of sp³-hybridized carbons (Fsp3) is 0.529. The molecule has 0 saturated carbocycles. The molecule has 797 valence electrons. The second-order valence-electron chi connectivity index (χ2n) is 43.2. The number of anilines is 4. The van der Waals surface area contributed by atoms with Crippen LogP contribution >= 0.6 is 46.2 Å². The van der Waals surface area contributed by atoms with Gasteiger partial charge < -0.3 is 86.4 Å². The van der Waals surface area contributed by atoms with Crippen LogP contribution in [-0.4, -0.2) is 203 Å². The Hall–Kier alpha value is -9.92. The van der Waals surface area contributed by atoms with E-state index in [4.69, 9.17) is 72.4 Å². The molecule has 6 bridgehead atoms. The van der Waals surface area contributed by atoms with Gasteiger partial charge in [-0.15, -0.1) is 27.7 Å². The average molecular weight is 2140 g/mol. The van der Waals surface area contributed by atoms with E-state index in [1.807, 2.05) is 9.15 Å². The zero-order chi connectivity index (χ0) is 104. The Morgan fingerprint density at radius 2 is 0.691 bits per heavy atom. The first-order valence-electron chi connectivity index (χ1n) is 55.3. The van der Waals surface area contributed by atoms with Gasteiger partial charge in [0.05, 0.1) is 132 Å². The van der Waals surface area contributed by atoms with Gasteiger partial charge >= 0.3 is 0 Å². The molecule has 30 heteroatoms.